The average molecular weight is 420 g/mol. The van der Waals surface area contributed by atoms with Gasteiger partial charge in [-0.2, -0.15) is 0 Å². The molecule has 1 aliphatic heterocycles. The first kappa shape index (κ1) is 20.8. The van der Waals surface area contributed by atoms with E-state index in [1.54, 1.807) is 19.1 Å². The molecule has 7 heteroatoms. The van der Waals surface area contributed by atoms with Gasteiger partial charge in [0.25, 0.3) is 5.91 Å². The highest BCUT2D eigenvalue weighted by Gasteiger charge is 2.26. The van der Waals surface area contributed by atoms with Crippen LogP contribution in [0.25, 0.3) is 11.0 Å². The fraction of sp³-hybridized carbons (Fsp3) is 0.292. The summed E-state index contributed by atoms with van der Waals surface area (Å²) < 4.78 is 11.5. The molecule has 1 aromatic heterocycles. The molecule has 1 unspecified atom stereocenters. The number of aldehydes is 1. The quantitative estimate of drug-likeness (QED) is 0.466. The third kappa shape index (κ3) is 3.96. The van der Waals surface area contributed by atoms with Crippen molar-refractivity contribution in [2.75, 3.05) is 36.1 Å². The van der Waals surface area contributed by atoms with Crippen LogP contribution in [0.15, 0.2) is 57.7 Å². The number of carbonyl (C=O) groups excluding carboxylic acids is 2. The number of aryl methyl sites for hydroxylation is 1. The molecular weight excluding hydrogens is 396 g/mol. The van der Waals surface area contributed by atoms with Crippen molar-refractivity contribution in [1.29, 1.82) is 0 Å². The van der Waals surface area contributed by atoms with Crippen molar-refractivity contribution in [1.82, 2.24) is 0 Å². The van der Waals surface area contributed by atoms with Gasteiger partial charge in [0.15, 0.2) is 11.3 Å². The Bertz CT molecular complexity index is 1170. The molecule has 4 rings (SSSR count). The Morgan fingerprint density at radius 2 is 1.84 bits per heavy atom. The summed E-state index contributed by atoms with van der Waals surface area (Å²) in [6.45, 7) is 6.06. The molecule has 0 spiro atoms. The van der Waals surface area contributed by atoms with Crippen LogP contribution in [0.5, 0.6) is 0 Å². The normalized spacial score (nSPS) is 15.0. The Hall–Kier alpha value is -3.45. The number of amides is 1. The van der Waals surface area contributed by atoms with Gasteiger partial charge in [-0.25, -0.2) is 0 Å². The van der Waals surface area contributed by atoms with Crippen molar-refractivity contribution in [3.63, 3.8) is 0 Å². The van der Waals surface area contributed by atoms with Gasteiger partial charge in [-0.15, -0.1) is 0 Å². The van der Waals surface area contributed by atoms with Crippen LogP contribution in [-0.4, -0.2) is 38.5 Å². The molecule has 0 saturated carbocycles. The predicted octanol–water partition coefficient (Wildman–Crippen LogP) is 3.23. The van der Waals surface area contributed by atoms with Crippen LogP contribution in [0.2, 0.25) is 0 Å². The molecule has 0 N–H and O–H groups in total. The van der Waals surface area contributed by atoms with Crippen LogP contribution >= 0.6 is 0 Å². The van der Waals surface area contributed by atoms with Gasteiger partial charge >= 0.3 is 0 Å². The molecule has 0 radical (unpaired) electrons. The summed E-state index contributed by atoms with van der Waals surface area (Å²) >= 11 is 0. The Morgan fingerprint density at radius 3 is 2.52 bits per heavy atom. The number of nitrogens with zero attached hydrogens (tertiary/aromatic N) is 2. The van der Waals surface area contributed by atoms with E-state index in [2.05, 4.69) is 0 Å². The zero-order chi connectivity index (χ0) is 22.0. The lowest BCUT2D eigenvalue weighted by Gasteiger charge is -2.30. The SMILES string of the molecule is Cc1c(N(C(=O)C=O)C(C)c2ccccc2)ccc2c(=O)cc(N3CCOCC3)oc12. The summed E-state index contributed by atoms with van der Waals surface area (Å²) in [5.74, 6) is -0.184. The highest BCUT2D eigenvalue weighted by Crippen LogP contribution is 2.34. The van der Waals surface area contributed by atoms with Crippen LogP contribution in [0.3, 0.4) is 0 Å². The summed E-state index contributed by atoms with van der Waals surface area (Å²) in [6, 6.07) is 13.9. The Morgan fingerprint density at radius 1 is 1.13 bits per heavy atom. The zero-order valence-corrected chi connectivity index (χ0v) is 17.5. The van der Waals surface area contributed by atoms with Gasteiger partial charge in [-0.3, -0.25) is 19.3 Å². The number of ether oxygens (including phenoxy) is 1. The summed E-state index contributed by atoms with van der Waals surface area (Å²) in [6.07, 6.45) is 0.309. The predicted molar refractivity (Wildman–Crippen MR) is 119 cm³/mol. The van der Waals surface area contributed by atoms with E-state index in [4.69, 9.17) is 9.15 Å². The second kappa shape index (κ2) is 8.73. The summed E-state index contributed by atoms with van der Waals surface area (Å²) in [5, 5.41) is 0.434. The highest BCUT2D eigenvalue weighted by atomic mass is 16.5. The van der Waals surface area contributed by atoms with Crippen molar-refractivity contribution in [3.05, 3.63) is 69.9 Å². The van der Waals surface area contributed by atoms with Crippen LogP contribution in [-0.2, 0) is 14.3 Å². The largest absolute Gasteiger partial charge is 0.440 e. The monoisotopic (exact) mass is 420 g/mol. The number of fused-ring (bicyclic) bond motifs is 1. The Balaban J connectivity index is 1.85. The lowest BCUT2D eigenvalue weighted by atomic mass is 10.0. The van der Waals surface area contributed by atoms with Gasteiger partial charge in [0.1, 0.15) is 5.58 Å². The topological polar surface area (TPSA) is 80.1 Å². The maximum Gasteiger partial charge on any atom is 0.291 e. The maximum atomic E-state index is 12.8. The van der Waals surface area contributed by atoms with Gasteiger partial charge < -0.3 is 14.1 Å². The minimum Gasteiger partial charge on any atom is -0.440 e. The summed E-state index contributed by atoms with van der Waals surface area (Å²) in [5.41, 5.74) is 2.31. The van der Waals surface area contributed by atoms with E-state index < -0.39 is 5.91 Å². The summed E-state index contributed by atoms with van der Waals surface area (Å²) in [4.78, 5) is 40.3. The van der Waals surface area contributed by atoms with Gasteiger partial charge in [-0.1, -0.05) is 30.3 Å². The van der Waals surface area contributed by atoms with E-state index in [1.807, 2.05) is 42.2 Å². The maximum absolute atomic E-state index is 12.8. The van der Waals surface area contributed by atoms with Crippen molar-refractivity contribution < 1.29 is 18.7 Å². The number of rotatable bonds is 5. The number of anilines is 2. The molecular formula is C24H24N2O5. The van der Waals surface area contributed by atoms with Gasteiger partial charge in [0.05, 0.1) is 30.3 Å². The summed E-state index contributed by atoms with van der Waals surface area (Å²) in [7, 11) is 0. The molecule has 1 fully saturated rings. The van der Waals surface area contributed by atoms with E-state index in [-0.39, 0.29) is 11.5 Å². The molecule has 1 saturated heterocycles. The van der Waals surface area contributed by atoms with Gasteiger partial charge in [-0.05, 0) is 31.5 Å². The third-order valence-corrected chi connectivity index (χ3v) is 5.69. The van der Waals surface area contributed by atoms with Crippen LogP contribution in [0.4, 0.5) is 11.6 Å². The van der Waals surface area contributed by atoms with Gasteiger partial charge in [0, 0.05) is 24.7 Å². The Labute approximate surface area is 179 Å². The van der Waals surface area contributed by atoms with E-state index in [0.717, 1.165) is 5.56 Å². The van der Waals surface area contributed by atoms with Crippen molar-refractivity contribution in [2.45, 2.75) is 19.9 Å². The lowest BCUT2D eigenvalue weighted by Crippen LogP contribution is -2.36. The smallest absolute Gasteiger partial charge is 0.291 e. The van der Waals surface area contributed by atoms with Gasteiger partial charge in [0.2, 0.25) is 6.29 Å². The molecule has 2 aromatic carbocycles. The van der Waals surface area contributed by atoms with Crippen LogP contribution in [0.1, 0.15) is 24.1 Å². The molecule has 1 amide bonds. The van der Waals surface area contributed by atoms with Crippen LogP contribution in [0, 0.1) is 6.92 Å². The number of benzene rings is 2. The second-order valence-corrected chi connectivity index (χ2v) is 7.55. The molecule has 0 bridgehead atoms. The minimum absolute atomic E-state index is 0.151. The van der Waals surface area contributed by atoms with Crippen LogP contribution < -0.4 is 15.2 Å². The highest BCUT2D eigenvalue weighted by molar-refractivity contribution is 6.31. The van der Waals surface area contributed by atoms with Crippen molar-refractivity contribution in [3.8, 4) is 0 Å². The molecule has 3 aromatic rings. The van der Waals surface area contributed by atoms with Crippen molar-refractivity contribution in [2.24, 2.45) is 0 Å². The van der Waals surface area contributed by atoms with E-state index in [9.17, 15) is 14.4 Å². The fourth-order valence-electron chi connectivity index (χ4n) is 3.99. The lowest BCUT2D eigenvalue weighted by molar-refractivity contribution is -0.129. The second-order valence-electron chi connectivity index (χ2n) is 7.55. The zero-order valence-electron chi connectivity index (χ0n) is 17.5. The average Bonchev–Trinajstić information content (AvgIpc) is 2.81. The molecule has 31 heavy (non-hydrogen) atoms. The standard InChI is InChI=1S/C24H24N2O5/c1-16-20(26(22(29)15-27)17(2)18-6-4-3-5-7-18)9-8-19-21(28)14-23(31-24(16)19)25-10-12-30-13-11-25/h3-9,14-15,17H,10-13H2,1-2H3. The number of hydrogen-bond acceptors (Lipinski definition) is 6. The third-order valence-electron chi connectivity index (χ3n) is 5.69. The first-order chi connectivity index (χ1) is 15.0. The first-order valence-electron chi connectivity index (χ1n) is 10.2. The minimum atomic E-state index is -0.662. The molecule has 0 aliphatic carbocycles. The van der Waals surface area contributed by atoms with E-state index in [0.29, 0.717) is 60.7 Å². The van der Waals surface area contributed by atoms with Crippen molar-refractivity contribution >= 4 is 34.7 Å². The molecule has 1 atom stereocenters. The molecule has 7 nitrogen and oxygen atoms in total. The van der Waals surface area contributed by atoms with E-state index >= 15 is 0 Å². The number of carbonyl (C=O) groups is 2. The molecule has 2 heterocycles. The number of hydrogen-bond donors (Lipinski definition) is 0. The molecule has 1 aliphatic rings. The fourth-order valence-corrected chi connectivity index (χ4v) is 3.99. The number of morpholine rings is 1. The van der Waals surface area contributed by atoms with E-state index in [1.165, 1.54) is 11.0 Å². The Kier molecular flexibility index (Phi) is 5.86. The molecule has 160 valence electrons. The first-order valence-corrected chi connectivity index (χ1v) is 10.2.